The summed E-state index contributed by atoms with van der Waals surface area (Å²) >= 11 is 0. The molecule has 1 aliphatic carbocycles. The van der Waals surface area contributed by atoms with E-state index in [2.05, 4.69) is 26.5 Å². The number of carbonyl (C=O) groups is 1. The summed E-state index contributed by atoms with van der Waals surface area (Å²) in [5, 5.41) is 10.9. The fraction of sp³-hybridized carbons (Fsp3) is 0.545. The zero-order valence-corrected chi connectivity index (χ0v) is 18.1. The van der Waals surface area contributed by atoms with Crippen molar-refractivity contribution in [1.82, 2.24) is 29.5 Å². The molecule has 6 rings (SSSR count). The lowest BCUT2D eigenvalue weighted by molar-refractivity contribution is -0.133. The number of aromatic amines is 1. The number of aromatic nitrogens is 5. The summed E-state index contributed by atoms with van der Waals surface area (Å²) in [5.41, 5.74) is 7.87. The number of carbonyl (C=O) groups excluding carboxylic acids is 1. The number of fused-ring (bicyclic) bond motifs is 1. The summed E-state index contributed by atoms with van der Waals surface area (Å²) in [4.78, 5) is 27.0. The van der Waals surface area contributed by atoms with E-state index in [0.29, 0.717) is 24.4 Å². The third-order valence-corrected chi connectivity index (χ3v) is 6.96. The predicted molar refractivity (Wildman–Crippen MR) is 121 cm³/mol. The van der Waals surface area contributed by atoms with Gasteiger partial charge < -0.3 is 20.9 Å². The van der Waals surface area contributed by atoms with Crippen molar-refractivity contribution in [2.24, 2.45) is 5.73 Å². The van der Waals surface area contributed by atoms with E-state index in [1.165, 1.54) is 12.8 Å². The lowest BCUT2D eigenvalue weighted by Crippen LogP contribution is -2.49. The number of anilines is 3. The fourth-order valence-corrected chi connectivity index (χ4v) is 5.08. The first-order valence-electron chi connectivity index (χ1n) is 11.7. The Kier molecular flexibility index (Phi) is 4.74. The second-order valence-electron chi connectivity index (χ2n) is 9.11. The number of H-pyrrole nitrogens is 1. The van der Waals surface area contributed by atoms with Crippen LogP contribution in [0.3, 0.4) is 0 Å². The number of rotatable bonds is 6. The normalized spacial score (nSPS) is 23.4. The van der Waals surface area contributed by atoms with Crippen LogP contribution >= 0.6 is 0 Å². The summed E-state index contributed by atoms with van der Waals surface area (Å²) < 4.78 is 1.91. The Balaban J connectivity index is 1.30. The molecular formula is C22H29N9O. The summed E-state index contributed by atoms with van der Waals surface area (Å²) in [6.45, 7) is 2.08. The van der Waals surface area contributed by atoms with Crippen LogP contribution in [0.5, 0.6) is 0 Å². The Labute approximate surface area is 186 Å². The van der Waals surface area contributed by atoms with E-state index in [1.807, 2.05) is 27.6 Å². The Hall–Kier alpha value is -3.14. The molecule has 0 unspecified atom stereocenters. The fourth-order valence-electron chi connectivity index (χ4n) is 5.08. The first kappa shape index (κ1) is 19.5. The van der Waals surface area contributed by atoms with Gasteiger partial charge in [-0.05, 0) is 50.7 Å². The van der Waals surface area contributed by atoms with Crippen molar-refractivity contribution in [3.63, 3.8) is 0 Å². The topological polar surface area (TPSA) is 120 Å². The van der Waals surface area contributed by atoms with Gasteiger partial charge >= 0.3 is 0 Å². The van der Waals surface area contributed by atoms with Crippen molar-refractivity contribution in [2.75, 3.05) is 29.9 Å². The smallest absolute Gasteiger partial charge is 0.245 e. The molecule has 0 spiro atoms. The van der Waals surface area contributed by atoms with Crippen LogP contribution < -0.4 is 16.0 Å². The minimum Gasteiger partial charge on any atom is -0.337 e. The van der Waals surface area contributed by atoms with E-state index >= 15 is 0 Å². The Bertz CT molecular complexity index is 1130. The van der Waals surface area contributed by atoms with Gasteiger partial charge in [0, 0.05) is 49.6 Å². The molecule has 10 nitrogen and oxygen atoms in total. The number of likely N-dealkylation sites (tertiary alicyclic amines) is 1. The van der Waals surface area contributed by atoms with E-state index in [-0.39, 0.29) is 18.0 Å². The first-order valence-corrected chi connectivity index (χ1v) is 11.7. The monoisotopic (exact) mass is 435 g/mol. The highest BCUT2D eigenvalue weighted by Gasteiger charge is 2.39. The van der Waals surface area contributed by atoms with Crippen LogP contribution in [0, 0.1) is 0 Å². The Morgan fingerprint density at radius 3 is 2.91 bits per heavy atom. The number of nitrogens with two attached hydrogens (primary N) is 1. The molecule has 32 heavy (non-hydrogen) atoms. The lowest BCUT2D eigenvalue weighted by Gasteiger charge is -2.31. The second-order valence-corrected chi connectivity index (χ2v) is 9.11. The maximum Gasteiger partial charge on any atom is 0.245 e. The minimum absolute atomic E-state index is 0.150. The Morgan fingerprint density at radius 2 is 2.06 bits per heavy atom. The molecule has 0 aromatic carbocycles. The van der Waals surface area contributed by atoms with Gasteiger partial charge in [-0.25, -0.2) is 0 Å². The van der Waals surface area contributed by atoms with Gasteiger partial charge in [0.1, 0.15) is 11.7 Å². The number of hydrogen-bond acceptors (Lipinski definition) is 7. The van der Waals surface area contributed by atoms with Crippen LogP contribution in [0.2, 0.25) is 0 Å². The average molecular weight is 436 g/mol. The van der Waals surface area contributed by atoms with Gasteiger partial charge in [0.2, 0.25) is 17.8 Å². The summed E-state index contributed by atoms with van der Waals surface area (Å²) in [6.07, 6.45) is 8.13. The van der Waals surface area contributed by atoms with Crippen LogP contribution in [0.1, 0.15) is 50.1 Å². The average Bonchev–Trinajstić information content (AvgIpc) is 3.28. The molecule has 1 saturated carbocycles. The number of nitrogens with one attached hydrogen (secondary N) is 2. The highest BCUT2D eigenvalue weighted by atomic mass is 16.2. The largest absolute Gasteiger partial charge is 0.337 e. The molecule has 10 heteroatoms. The van der Waals surface area contributed by atoms with Crippen molar-refractivity contribution in [2.45, 2.75) is 56.5 Å². The van der Waals surface area contributed by atoms with Gasteiger partial charge in [-0.2, -0.15) is 15.1 Å². The zero-order valence-electron chi connectivity index (χ0n) is 18.1. The van der Waals surface area contributed by atoms with Crippen LogP contribution in [-0.2, 0) is 4.79 Å². The summed E-state index contributed by atoms with van der Waals surface area (Å²) in [5.74, 6) is 2.72. The van der Waals surface area contributed by atoms with Crippen LogP contribution in [0.4, 0.5) is 17.7 Å². The quantitative estimate of drug-likeness (QED) is 0.541. The SMILES string of the molecule is NC[C@H]1CCCN1C(=O)[C@@H]1CCCN1c1nc(Nc2cc(C3CC3)[nH]n2)n2cccc2n1. The molecule has 5 heterocycles. The van der Waals surface area contributed by atoms with Crippen LogP contribution in [0.25, 0.3) is 5.65 Å². The number of nitrogens with zero attached hydrogens (tertiary/aromatic N) is 6. The molecule has 3 aromatic rings. The first-order chi connectivity index (χ1) is 15.7. The van der Waals surface area contributed by atoms with Crippen molar-refractivity contribution in [3.8, 4) is 0 Å². The molecular weight excluding hydrogens is 406 g/mol. The van der Waals surface area contributed by atoms with E-state index in [4.69, 9.17) is 15.7 Å². The third kappa shape index (κ3) is 3.38. The maximum absolute atomic E-state index is 13.4. The van der Waals surface area contributed by atoms with Crippen molar-refractivity contribution in [3.05, 3.63) is 30.1 Å². The van der Waals surface area contributed by atoms with Crippen LogP contribution in [0.15, 0.2) is 24.4 Å². The predicted octanol–water partition coefficient (Wildman–Crippen LogP) is 1.99. The molecule has 0 radical (unpaired) electrons. The number of hydrogen-bond donors (Lipinski definition) is 3. The van der Waals surface area contributed by atoms with Crippen molar-refractivity contribution in [1.29, 1.82) is 0 Å². The van der Waals surface area contributed by atoms with Gasteiger partial charge in [0.15, 0.2) is 5.82 Å². The summed E-state index contributed by atoms with van der Waals surface area (Å²) in [7, 11) is 0. The molecule has 2 aliphatic heterocycles. The van der Waals surface area contributed by atoms with Crippen LogP contribution in [-0.4, -0.2) is 67.1 Å². The molecule has 2 atom stereocenters. The van der Waals surface area contributed by atoms with Gasteiger partial charge in [-0.3, -0.25) is 14.3 Å². The highest BCUT2D eigenvalue weighted by molar-refractivity contribution is 5.86. The molecule has 0 bridgehead atoms. The van der Waals surface area contributed by atoms with E-state index in [9.17, 15) is 4.79 Å². The molecule has 3 fully saturated rings. The van der Waals surface area contributed by atoms with Gasteiger partial charge in [0.05, 0.1) is 0 Å². The third-order valence-electron chi connectivity index (χ3n) is 6.96. The molecule has 3 aromatic heterocycles. The van der Waals surface area contributed by atoms with Crippen molar-refractivity contribution < 1.29 is 4.79 Å². The molecule has 2 saturated heterocycles. The lowest BCUT2D eigenvalue weighted by atomic mass is 10.1. The van der Waals surface area contributed by atoms with E-state index in [0.717, 1.165) is 55.9 Å². The molecule has 4 N–H and O–H groups in total. The van der Waals surface area contributed by atoms with Gasteiger partial charge in [-0.15, -0.1) is 0 Å². The van der Waals surface area contributed by atoms with E-state index in [1.54, 1.807) is 0 Å². The maximum atomic E-state index is 13.4. The molecule has 1 amide bonds. The van der Waals surface area contributed by atoms with Gasteiger partial charge in [-0.1, -0.05) is 0 Å². The minimum atomic E-state index is -0.237. The standard InChI is InChI=1S/C22H29N9O/c23-13-15-4-1-9-29(15)20(32)17-5-2-10-30(17)22-25-19-6-3-11-31(19)21(26-22)24-18-12-16(27-28-18)14-7-8-14/h3,6,11-12,14-15,17H,1-2,4-5,7-10,13,23H2,(H2,24,25,26,27,28)/t15-,17+/m1/s1. The summed E-state index contributed by atoms with van der Waals surface area (Å²) in [6, 6.07) is 5.86. The van der Waals surface area contributed by atoms with E-state index < -0.39 is 0 Å². The van der Waals surface area contributed by atoms with Crippen molar-refractivity contribution >= 4 is 29.3 Å². The second kappa shape index (κ2) is 7.77. The number of amides is 1. The molecule has 168 valence electrons. The van der Waals surface area contributed by atoms with Gasteiger partial charge in [0.25, 0.3) is 0 Å². The molecule has 3 aliphatic rings. The Morgan fingerprint density at radius 1 is 1.19 bits per heavy atom. The highest BCUT2D eigenvalue weighted by Crippen LogP contribution is 2.39. The zero-order chi connectivity index (χ0) is 21.7.